The summed E-state index contributed by atoms with van der Waals surface area (Å²) in [4.78, 5) is 11.7. The molecular weight excluding hydrogens is 252 g/mol. The number of hydrogen-bond donors (Lipinski definition) is 1. The molecule has 4 heteroatoms. The van der Waals surface area contributed by atoms with E-state index in [1.54, 1.807) is 24.3 Å². The van der Waals surface area contributed by atoms with Crippen LogP contribution in [0.5, 0.6) is 0 Å². The van der Waals surface area contributed by atoms with Crippen LogP contribution in [0.3, 0.4) is 0 Å². The van der Waals surface area contributed by atoms with Crippen LogP contribution in [0.1, 0.15) is 17.1 Å². The van der Waals surface area contributed by atoms with Crippen molar-refractivity contribution in [3.05, 3.63) is 59.6 Å². The monoisotopic (exact) mass is 266 g/mol. The number of anilines is 1. The van der Waals surface area contributed by atoms with E-state index in [0.29, 0.717) is 17.9 Å². The van der Waals surface area contributed by atoms with E-state index in [1.165, 1.54) is 6.08 Å². The molecule has 4 nitrogen and oxygen atoms in total. The fourth-order valence-electron chi connectivity index (χ4n) is 1.68. The predicted octanol–water partition coefficient (Wildman–Crippen LogP) is 3.31. The third kappa shape index (κ3) is 3.85. The zero-order valence-electron chi connectivity index (χ0n) is 11.1. The fourth-order valence-corrected chi connectivity index (χ4v) is 1.68. The van der Waals surface area contributed by atoms with Crippen molar-refractivity contribution >= 4 is 17.7 Å². The molecule has 2 aromatic rings. The Kier molecular flexibility index (Phi) is 4.35. The summed E-state index contributed by atoms with van der Waals surface area (Å²) in [6.45, 7) is 1.85. The summed E-state index contributed by atoms with van der Waals surface area (Å²) in [5.41, 5.74) is 1.61. The molecule has 0 bridgehead atoms. The van der Waals surface area contributed by atoms with Crippen LogP contribution in [0.15, 0.2) is 46.9 Å². The van der Waals surface area contributed by atoms with Gasteiger partial charge in [-0.2, -0.15) is 5.26 Å². The van der Waals surface area contributed by atoms with Gasteiger partial charge in [0.25, 0.3) is 0 Å². The van der Waals surface area contributed by atoms with Gasteiger partial charge in [-0.25, -0.2) is 0 Å². The van der Waals surface area contributed by atoms with E-state index in [0.717, 1.165) is 11.3 Å². The third-order valence-corrected chi connectivity index (χ3v) is 2.66. The summed E-state index contributed by atoms with van der Waals surface area (Å²) >= 11 is 0. The lowest BCUT2D eigenvalue weighted by Crippen LogP contribution is -2.07. The van der Waals surface area contributed by atoms with Crippen LogP contribution in [0, 0.1) is 18.3 Å². The van der Waals surface area contributed by atoms with E-state index in [9.17, 15) is 4.79 Å². The average molecular weight is 266 g/mol. The molecule has 0 fully saturated rings. The maximum atomic E-state index is 11.7. The zero-order valence-corrected chi connectivity index (χ0v) is 11.1. The van der Waals surface area contributed by atoms with Gasteiger partial charge in [0.15, 0.2) is 0 Å². The van der Waals surface area contributed by atoms with Crippen LogP contribution in [-0.4, -0.2) is 5.91 Å². The van der Waals surface area contributed by atoms with Crippen LogP contribution in [0.25, 0.3) is 6.08 Å². The quantitative estimate of drug-likeness (QED) is 0.863. The van der Waals surface area contributed by atoms with Gasteiger partial charge in [0.05, 0.1) is 12.5 Å². The Morgan fingerprint density at radius 1 is 1.30 bits per heavy atom. The number of aryl methyl sites for hydroxylation is 1. The minimum absolute atomic E-state index is 0.230. The van der Waals surface area contributed by atoms with E-state index in [4.69, 9.17) is 9.68 Å². The first-order chi connectivity index (χ1) is 9.67. The number of benzene rings is 1. The number of amides is 1. The molecule has 0 aliphatic heterocycles. The van der Waals surface area contributed by atoms with Crippen molar-refractivity contribution in [2.75, 3.05) is 5.32 Å². The first-order valence-electron chi connectivity index (χ1n) is 6.19. The van der Waals surface area contributed by atoms with E-state index in [2.05, 4.69) is 11.4 Å². The van der Waals surface area contributed by atoms with Crippen LogP contribution in [0.4, 0.5) is 5.69 Å². The molecule has 1 amide bonds. The van der Waals surface area contributed by atoms with Crippen molar-refractivity contribution in [3.63, 3.8) is 0 Å². The number of carbonyl (C=O) groups is 1. The van der Waals surface area contributed by atoms with Crippen molar-refractivity contribution in [2.24, 2.45) is 0 Å². The second-order valence-electron chi connectivity index (χ2n) is 4.30. The summed E-state index contributed by atoms with van der Waals surface area (Å²) in [7, 11) is 0. The summed E-state index contributed by atoms with van der Waals surface area (Å²) in [6, 6.07) is 12.9. The van der Waals surface area contributed by atoms with E-state index >= 15 is 0 Å². The lowest BCUT2D eigenvalue weighted by atomic mass is 10.1. The summed E-state index contributed by atoms with van der Waals surface area (Å²) in [6.07, 6.45) is 3.40. The molecule has 1 aromatic heterocycles. The zero-order chi connectivity index (χ0) is 14.4. The van der Waals surface area contributed by atoms with E-state index < -0.39 is 0 Å². The minimum Gasteiger partial charge on any atom is -0.462 e. The average Bonchev–Trinajstić information content (AvgIpc) is 2.85. The van der Waals surface area contributed by atoms with Crippen molar-refractivity contribution in [2.45, 2.75) is 13.3 Å². The lowest BCUT2D eigenvalue weighted by Gasteiger charge is -2.02. The number of hydrogen-bond acceptors (Lipinski definition) is 3. The highest BCUT2D eigenvalue weighted by atomic mass is 16.3. The minimum atomic E-state index is -0.230. The Balaban J connectivity index is 1.94. The largest absolute Gasteiger partial charge is 0.462 e. The Hall–Kier alpha value is -2.80. The molecule has 0 radical (unpaired) electrons. The SMILES string of the molecule is Cc1ccc(/C=C/C(=O)Nc2ccc(CC#N)cc2)o1. The smallest absolute Gasteiger partial charge is 0.248 e. The topological polar surface area (TPSA) is 66.0 Å². The van der Waals surface area contributed by atoms with Crippen LogP contribution >= 0.6 is 0 Å². The normalized spacial score (nSPS) is 10.4. The molecule has 100 valence electrons. The van der Waals surface area contributed by atoms with Crippen molar-refractivity contribution < 1.29 is 9.21 Å². The summed E-state index contributed by atoms with van der Waals surface area (Å²) < 4.78 is 5.33. The van der Waals surface area contributed by atoms with Gasteiger partial charge in [0, 0.05) is 11.8 Å². The molecule has 0 unspecified atom stereocenters. The predicted molar refractivity (Wildman–Crippen MR) is 76.9 cm³/mol. The number of carbonyl (C=O) groups excluding carboxylic acids is 1. The standard InChI is InChI=1S/C16H14N2O2/c1-12-2-7-15(20-12)8-9-16(19)18-14-5-3-13(4-6-14)10-11-17/h2-9H,10H2,1H3,(H,18,19)/b9-8+. The molecule has 0 saturated carbocycles. The van der Waals surface area contributed by atoms with Crippen LogP contribution < -0.4 is 5.32 Å². The molecule has 0 saturated heterocycles. The number of nitrogens with one attached hydrogen (secondary N) is 1. The number of furan rings is 1. The Bertz CT molecular complexity index is 661. The third-order valence-electron chi connectivity index (χ3n) is 2.66. The van der Waals surface area contributed by atoms with Gasteiger partial charge < -0.3 is 9.73 Å². The van der Waals surface area contributed by atoms with Gasteiger partial charge >= 0.3 is 0 Å². The van der Waals surface area contributed by atoms with E-state index in [-0.39, 0.29) is 5.91 Å². The molecule has 20 heavy (non-hydrogen) atoms. The highest BCUT2D eigenvalue weighted by molar-refractivity contribution is 6.01. The Labute approximate surface area is 117 Å². The first-order valence-corrected chi connectivity index (χ1v) is 6.19. The fraction of sp³-hybridized carbons (Fsp3) is 0.125. The summed E-state index contributed by atoms with van der Waals surface area (Å²) in [5, 5.41) is 11.3. The maximum absolute atomic E-state index is 11.7. The molecule has 0 spiro atoms. The Morgan fingerprint density at radius 3 is 2.65 bits per heavy atom. The van der Waals surface area contributed by atoms with Gasteiger partial charge in [-0.1, -0.05) is 12.1 Å². The second-order valence-corrected chi connectivity index (χ2v) is 4.30. The van der Waals surface area contributed by atoms with E-state index in [1.807, 2.05) is 25.1 Å². The molecular formula is C16H14N2O2. The van der Waals surface area contributed by atoms with Gasteiger partial charge in [-0.15, -0.1) is 0 Å². The molecule has 0 atom stereocenters. The summed E-state index contributed by atoms with van der Waals surface area (Å²) in [5.74, 6) is 1.22. The van der Waals surface area contributed by atoms with Gasteiger partial charge in [-0.3, -0.25) is 4.79 Å². The number of nitriles is 1. The highest BCUT2D eigenvalue weighted by Crippen LogP contribution is 2.11. The van der Waals surface area contributed by atoms with Crippen LogP contribution in [0.2, 0.25) is 0 Å². The van der Waals surface area contributed by atoms with Gasteiger partial charge in [0.1, 0.15) is 11.5 Å². The molecule has 1 aromatic carbocycles. The van der Waals surface area contributed by atoms with Crippen molar-refractivity contribution in [1.82, 2.24) is 0 Å². The van der Waals surface area contributed by atoms with Gasteiger partial charge in [0.2, 0.25) is 5.91 Å². The van der Waals surface area contributed by atoms with Gasteiger partial charge in [-0.05, 0) is 42.8 Å². The number of nitrogens with zero attached hydrogens (tertiary/aromatic N) is 1. The molecule has 0 aliphatic rings. The first kappa shape index (κ1) is 13.6. The molecule has 1 N–H and O–H groups in total. The van der Waals surface area contributed by atoms with Crippen LogP contribution in [-0.2, 0) is 11.2 Å². The van der Waals surface area contributed by atoms with Crippen molar-refractivity contribution in [3.8, 4) is 6.07 Å². The maximum Gasteiger partial charge on any atom is 0.248 e. The molecule has 0 aliphatic carbocycles. The molecule has 2 rings (SSSR count). The van der Waals surface area contributed by atoms with Crippen molar-refractivity contribution in [1.29, 1.82) is 5.26 Å². The Morgan fingerprint density at radius 2 is 2.05 bits per heavy atom. The highest BCUT2D eigenvalue weighted by Gasteiger charge is 1.99. The molecule has 1 heterocycles. The number of rotatable bonds is 4. The lowest BCUT2D eigenvalue weighted by molar-refractivity contribution is -0.111. The second kappa shape index (κ2) is 6.39.